The van der Waals surface area contributed by atoms with Crippen molar-refractivity contribution in [1.29, 1.82) is 0 Å². The van der Waals surface area contributed by atoms with Crippen molar-refractivity contribution in [2.24, 2.45) is 0 Å². The average Bonchev–Trinajstić information content (AvgIpc) is 2.28. The lowest BCUT2D eigenvalue weighted by Crippen LogP contribution is -2.51. The number of nitrogens with one attached hydrogen (secondary N) is 1. The Morgan fingerprint density at radius 2 is 2.22 bits per heavy atom. The number of halogens is 3. The predicted octanol–water partition coefficient (Wildman–Crippen LogP) is 3.31. The molecule has 1 unspecified atom stereocenters. The number of piperazine rings is 1. The van der Waals surface area contributed by atoms with Gasteiger partial charge in [0, 0.05) is 36.2 Å². The molecule has 2 rings (SSSR count). The van der Waals surface area contributed by atoms with Gasteiger partial charge in [0.2, 0.25) is 0 Å². The van der Waals surface area contributed by atoms with Crippen molar-refractivity contribution in [3.05, 3.63) is 28.2 Å². The standard InChI is InChI=1S/C13H17BrF2N2/c1-2-3-10-8-18(5-4-17-10)13-11(14)6-9(15)7-12(13)16/h6-7,10,17H,2-5,8H2,1H3. The lowest BCUT2D eigenvalue weighted by Gasteiger charge is -2.36. The van der Waals surface area contributed by atoms with E-state index in [-0.39, 0.29) is 0 Å². The molecule has 1 N–H and O–H groups in total. The van der Waals surface area contributed by atoms with Crippen LogP contribution in [0.3, 0.4) is 0 Å². The Balaban J connectivity index is 2.20. The second kappa shape index (κ2) is 5.97. The molecule has 1 aliphatic rings. The van der Waals surface area contributed by atoms with Crippen LogP contribution in [-0.2, 0) is 0 Å². The summed E-state index contributed by atoms with van der Waals surface area (Å²) in [4.78, 5) is 1.98. The second-order valence-electron chi connectivity index (χ2n) is 4.60. The van der Waals surface area contributed by atoms with Gasteiger partial charge in [0.05, 0.1) is 5.69 Å². The van der Waals surface area contributed by atoms with Crippen LogP contribution in [0.2, 0.25) is 0 Å². The average molecular weight is 319 g/mol. The number of nitrogens with zero attached hydrogens (tertiary/aromatic N) is 1. The van der Waals surface area contributed by atoms with Crippen molar-refractivity contribution in [3.63, 3.8) is 0 Å². The van der Waals surface area contributed by atoms with Gasteiger partial charge in [0.25, 0.3) is 0 Å². The van der Waals surface area contributed by atoms with Gasteiger partial charge in [-0.25, -0.2) is 8.78 Å². The highest BCUT2D eigenvalue weighted by molar-refractivity contribution is 9.10. The van der Waals surface area contributed by atoms with Gasteiger partial charge < -0.3 is 10.2 Å². The normalized spacial score (nSPS) is 20.2. The monoisotopic (exact) mass is 318 g/mol. The number of hydrogen-bond donors (Lipinski definition) is 1. The topological polar surface area (TPSA) is 15.3 Å². The van der Waals surface area contributed by atoms with Crippen LogP contribution < -0.4 is 10.2 Å². The molecule has 1 fully saturated rings. The Hall–Kier alpha value is -0.680. The third kappa shape index (κ3) is 3.01. The van der Waals surface area contributed by atoms with Gasteiger partial charge >= 0.3 is 0 Å². The summed E-state index contributed by atoms with van der Waals surface area (Å²) in [5.74, 6) is -1.05. The van der Waals surface area contributed by atoms with Gasteiger partial charge in [0.1, 0.15) is 5.82 Å². The fourth-order valence-corrected chi connectivity index (χ4v) is 3.07. The first-order valence-electron chi connectivity index (χ1n) is 6.24. The Bertz CT molecular complexity index is 400. The van der Waals surface area contributed by atoms with Crippen LogP contribution in [0.25, 0.3) is 0 Å². The summed E-state index contributed by atoms with van der Waals surface area (Å²) in [5, 5.41) is 3.42. The van der Waals surface area contributed by atoms with Crippen LogP contribution in [0.4, 0.5) is 14.5 Å². The van der Waals surface area contributed by atoms with Crippen molar-refractivity contribution in [3.8, 4) is 0 Å². The minimum absolute atomic E-state index is 0.375. The molecule has 1 aromatic carbocycles. The van der Waals surface area contributed by atoms with Crippen LogP contribution in [-0.4, -0.2) is 25.7 Å². The van der Waals surface area contributed by atoms with E-state index in [2.05, 4.69) is 28.2 Å². The maximum atomic E-state index is 13.9. The van der Waals surface area contributed by atoms with Crippen LogP contribution in [0, 0.1) is 11.6 Å². The van der Waals surface area contributed by atoms with Gasteiger partial charge in [0.15, 0.2) is 5.82 Å². The van der Waals surface area contributed by atoms with E-state index >= 15 is 0 Å². The lowest BCUT2D eigenvalue weighted by atomic mass is 10.1. The first-order valence-corrected chi connectivity index (χ1v) is 7.04. The maximum absolute atomic E-state index is 13.9. The van der Waals surface area contributed by atoms with E-state index in [4.69, 9.17) is 0 Å². The third-order valence-corrected chi connectivity index (χ3v) is 3.80. The highest BCUT2D eigenvalue weighted by Gasteiger charge is 2.23. The summed E-state index contributed by atoms with van der Waals surface area (Å²) in [5.41, 5.74) is 0.471. The van der Waals surface area contributed by atoms with Crippen LogP contribution >= 0.6 is 15.9 Å². The first kappa shape index (κ1) is 13.7. The fourth-order valence-electron chi connectivity index (χ4n) is 2.41. The van der Waals surface area contributed by atoms with Gasteiger partial charge in [-0.1, -0.05) is 13.3 Å². The molecule has 1 atom stereocenters. The van der Waals surface area contributed by atoms with E-state index in [0.29, 0.717) is 16.2 Å². The van der Waals surface area contributed by atoms with Gasteiger partial charge in [-0.15, -0.1) is 0 Å². The molecule has 0 spiro atoms. The molecule has 0 radical (unpaired) electrons. The summed E-state index contributed by atoms with van der Waals surface area (Å²) in [7, 11) is 0. The molecular weight excluding hydrogens is 302 g/mol. The summed E-state index contributed by atoms with van der Waals surface area (Å²) in [6, 6.07) is 2.63. The Labute approximate surface area is 114 Å². The zero-order valence-electron chi connectivity index (χ0n) is 10.3. The molecule has 1 aliphatic heterocycles. The Morgan fingerprint density at radius 1 is 1.44 bits per heavy atom. The van der Waals surface area contributed by atoms with Crippen molar-refractivity contribution in [1.82, 2.24) is 5.32 Å². The van der Waals surface area contributed by atoms with Crippen molar-refractivity contribution < 1.29 is 8.78 Å². The molecule has 100 valence electrons. The van der Waals surface area contributed by atoms with E-state index in [1.165, 1.54) is 6.07 Å². The number of anilines is 1. The molecule has 0 aliphatic carbocycles. The van der Waals surface area contributed by atoms with E-state index < -0.39 is 11.6 Å². The SMILES string of the molecule is CCCC1CN(c2c(F)cc(F)cc2Br)CCN1. The van der Waals surface area contributed by atoms with Crippen molar-refractivity contribution >= 4 is 21.6 Å². The highest BCUT2D eigenvalue weighted by atomic mass is 79.9. The summed E-state index contributed by atoms with van der Waals surface area (Å²) < 4.78 is 27.4. The van der Waals surface area contributed by atoms with E-state index in [1.54, 1.807) is 0 Å². The third-order valence-electron chi connectivity index (χ3n) is 3.19. The molecule has 1 heterocycles. The minimum atomic E-state index is -0.552. The zero-order valence-corrected chi connectivity index (χ0v) is 11.9. The summed E-state index contributed by atoms with van der Waals surface area (Å²) in [6.45, 7) is 4.46. The number of rotatable bonds is 3. The molecule has 1 saturated heterocycles. The summed E-state index contributed by atoms with van der Waals surface area (Å²) >= 11 is 3.25. The first-order chi connectivity index (χ1) is 8.61. The van der Waals surface area contributed by atoms with Gasteiger partial charge in [-0.05, 0) is 28.4 Å². The highest BCUT2D eigenvalue weighted by Crippen LogP contribution is 2.31. The predicted molar refractivity (Wildman–Crippen MR) is 73.0 cm³/mol. The fraction of sp³-hybridized carbons (Fsp3) is 0.538. The lowest BCUT2D eigenvalue weighted by molar-refractivity contribution is 0.426. The quantitative estimate of drug-likeness (QED) is 0.919. The second-order valence-corrected chi connectivity index (χ2v) is 5.46. The Morgan fingerprint density at radius 3 is 2.89 bits per heavy atom. The van der Waals surface area contributed by atoms with Crippen molar-refractivity contribution in [2.75, 3.05) is 24.5 Å². The molecule has 2 nitrogen and oxygen atoms in total. The van der Waals surface area contributed by atoms with E-state index in [9.17, 15) is 8.78 Å². The molecule has 0 aromatic heterocycles. The van der Waals surface area contributed by atoms with E-state index in [0.717, 1.165) is 38.5 Å². The molecule has 0 bridgehead atoms. The molecule has 5 heteroatoms. The molecule has 1 aromatic rings. The smallest absolute Gasteiger partial charge is 0.150 e. The number of benzene rings is 1. The molecule has 18 heavy (non-hydrogen) atoms. The molecule has 0 amide bonds. The van der Waals surface area contributed by atoms with Crippen LogP contribution in [0.5, 0.6) is 0 Å². The van der Waals surface area contributed by atoms with Crippen LogP contribution in [0.1, 0.15) is 19.8 Å². The van der Waals surface area contributed by atoms with Gasteiger partial charge in [-0.3, -0.25) is 0 Å². The molecule has 0 saturated carbocycles. The summed E-state index contributed by atoms with van der Waals surface area (Å²) in [6.07, 6.45) is 2.16. The maximum Gasteiger partial charge on any atom is 0.150 e. The largest absolute Gasteiger partial charge is 0.365 e. The van der Waals surface area contributed by atoms with Crippen LogP contribution in [0.15, 0.2) is 16.6 Å². The Kier molecular flexibility index (Phi) is 4.56. The van der Waals surface area contributed by atoms with Crippen molar-refractivity contribution in [2.45, 2.75) is 25.8 Å². The zero-order chi connectivity index (χ0) is 13.1. The molecular formula is C13H17BrF2N2. The minimum Gasteiger partial charge on any atom is -0.365 e. The van der Waals surface area contributed by atoms with E-state index in [1.807, 2.05) is 4.90 Å². The number of hydrogen-bond acceptors (Lipinski definition) is 2. The van der Waals surface area contributed by atoms with Gasteiger partial charge in [-0.2, -0.15) is 0 Å².